The summed E-state index contributed by atoms with van der Waals surface area (Å²) in [6, 6.07) is 0.259. The van der Waals surface area contributed by atoms with Crippen molar-refractivity contribution in [1.82, 2.24) is 9.97 Å². The highest BCUT2D eigenvalue weighted by molar-refractivity contribution is 5.70. The van der Waals surface area contributed by atoms with Gasteiger partial charge in [0.2, 0.25) is 11.6 Å². The molecule has 0 aromatic carbocycles. The molecule has 0 amide bonds. The standard InChI is InChI=1S/C13H21N5O2/c1-4-14-12-11(18(19)20)13(16-8-15-12)17-7-9(2)5-6-10(17)3/h8-10H,4-7H2,1-3H3,(H,14,15,16). The van der Waals surface area contributed by atoms with Crippen LogP contribution in [0.4, 0.5) is 17.3 Å². The summed E-state index contributed by atoms with van der Waals surface area (Å²) in [6.45, 7) is 7.52. The van der Waals surface area contributed by atoms with Gasteiger partial charge in [0.25, 0.3) is 0 Å². The van der Waals surface area contributed by atoms with E-state index in [9.17, 15) is 10.1 Å². The molecule has 0 spiro atoms. The van der Waals surface area contributed by atoms with E-state index in [-0.39, 0.29) is 16.7 Å². The van der Waals surface area contributed by atoms with Gasteiger partial charge in [-0.05, 0) is 32.6 Å². The predicted octanol–water partition coefficient (Wildman–Crippen LogP) is 2.44. The Kier molecular flexibility index (Phi) is 4.36. The van der Waals surface area contributed by atoms with Gasteiger partial charge < -0.3 is 10.2 Å². The van der Waals surface area contributed by atoms with Crippen molar-refractivity contribution in [3.8, 4) is 0 Å². The molecule has 2 rings (SSSR count). The number of nitrogens with zero attached hydrogens (tertiary/aromatic N) is 4. The first-order chi connectivity index (χ1) is 9.54. The third-order valence-corrected chi connectivity index (χ3v) is 3.72. The van der Waals surface area contributed by atoms with Crippen LogP contribution in [0.5, 0.6) is 0 Å². The van der Waals surface area contributed by atoms with E-state index in [2.05, 4.69) is 29.1 Å². The molecule has 1 N–H and O–H groups in total. The number of nitro groups is 1. The summed E-state index contributed by atoms with van der Waals surface area (Å²) in [5.41, 5.74) is -0.0182. The fourth-order valence-corrected chi connectivity index (χ4v) is 2.63. The molecule has 2 unspecified atom stereocenters. The van der Waals surface area contributed by atoms with Crippen LogP contribution < -0.4 is 10.2 Å². The van der Waals surface area contributed by atoms with E-state index in [1.165, 1.54) is 6.33 Å². The van der Waals surface area contributed by atoms with E-state index in [1.807, 2.05) is 11.8 Å². The Morgan fingerprint density at radius 3 is 2.85 bits per heavy atom. The van der Waals surface area contributed by atoms with Crippen molar-refractivity contribution in [2.24, 2.45) is 5.92 Å². The Labute approximate surface area is 118 Å². The molecular weight excluding hydrogens is 258 g/mol. The number of piperidine rings is 1. The average molecular weight is 279 g/mol. The summed E-state index contributed by atoms with van der Waals surface area (Å²) in [6.07, 6.45) is 3.57. The summed E-state index contributed by atoms with van der Waals surface area (Å²) < 4.78 is 0. The SMILES string of the molecule is CCNc1ncnc(N2CC(C)CCC2C)c1[N+](=O)[O-]. The molecule has 1 saturated heterocycles. The molecule has 1 aliphatic rings. The lowest BCUT2D eigenvalue weighted by atomic mass is 9.95. The fourth-order valence-electron chi connectivity index (χ4n) is 2.63. The molecule has 0 aliphatic carbocycles. The molecule has 2 heterocycles. The van der Waals surface area contributed by atoms with Gasteiger partial charge in [-0.25, -0.2) is 9.97 Å². The molecule has 0 radical (unpaired) electrons. The lowest BCUT2D eigenvalue weighted by molar-refractivity contribution is -0.383. The van der Waals surface area contributed by atoms with Crippen molar-refractivity contribution >= 4 is 17.3 Å². The van der Waals surface area contributed by atoms with Crippen LogP contribution >= 0.6 is 0 Å². The summed E-state index contributed by atoms with van der Waals surface area (Å²) in [4.78, 5) is 21.2. The van der Waals surface area contributed by atoms with Gasteiger partial charge in [-0.15, -0.1) is 0 Å². The topological polar surface area (TPSA) is 84.2 Å². The second-order valence-corrected chi connectivity index (χ2v) is 5.37. The molecule has 1 aromatic rings. The first kappa shape index (κ1) is 14.5. The van der Waals surface area contributed by atoms with Gasteiger partial charge in [-0.2, -0.15) is 0 Å². The molecule has 0 bridgehead atoms. The minimum Gasteiger partial charge on any atom is -0.364 e. The van der Waals surface area contributed by atoms with Gasteiger partial charge in [0, 0.05) is 19.1 Å². The van der Waals surface area contributed by atoms with E-state index in [0.717, 1.165) is 19.4 Å². The van der Waals surface area contributed by atoms with E-state index >= 15 is 0 Å². The number of aromatic nitrogens is 2. The Morgan fingerprint density at radius 2 is 2.20 bits per heavy atom. The minimum absolute atomic E-state index is 0.0182. The first-order valence-corrected chi connectivity index (χ1v) is 7.04. The predicted molar refractivity (Wildman–Crippen MR) is 78.1 cm³/mol. The smallest absolute Gasteiger partial charge is 0.353 e. The minimum atomic E-state index is -0.390. The van der Waals surface area contributed by atoms with Crippen molar-refractivity contribution in [1.29, 1.82) is 0 Å². The second-order valence-electron chi connectivity index (χ2n) is 5.37. The normalized spacial score (nSPS) is 22.6. The molecule has 1 fully saturated rings. The van der Waals surface area contributed by atoms with Gasteiger partial charge in [0.15, 0.2) is 0 Å². The lowest BCUT2D eigenvalue weighted by Gasteiger charge is -2.37. The third-order valence-electron chi connectivity index (χ3n) is 3.72. The summed E-state index contributed by atoms with van der Waals surface area (Å²) >= 11 is 0. The van der Waals surface area contributed by atoms with Crippen LogP contribution in [0, 0.1) is 16.0 Å². The van der Waals surface area contributed by atoms with Gasteiger partial charge >= 0.3 is 5.69 Å². The average Bonchev–Trinajstić information content (AvgIpc) is 2.41. The van der Waals surface area contributed by atoms with E-state index in [4.69, 9.17) is 0 Å². The zero-order valence-corrected chi connectivity index (χ0v) is 12.2. The van der Waals surface area contributed by atoms with E-state index in [0.29, 0.717) is 24.1 Å². The third kappa shape index (κ3) is 2.81. The van der Waals surface area contributed by atoms with Crippen LogP contribution in [-0.4, -0.2) is 34.0 Å². The zero-order valence-electron chi connectivity index (χ0n) is 12.2. The Hall–Kier alpha value is -1.92. The number of hydrogen-bond donors (Lipinski definition) is 1. The molecule has 7 nitrogen and oxygen atoms in total. The maximum Gasteiger partial charge on any atom is 0.353 e. The van der Waals surface area contributed by atoms with Gasteiger partial charge in [-0.3, -0.25) is 10.1 Å². The maximum absolute atomic E-state index is 11.4. The van der Waals surface area contributed by atoms with Crippen molar-refractivity contribution in [2.45, 2.75) is 39.7 Å². The van der Waals surface area contributed by atoms with Crippen LogP contribution in [0.2, 0.25) is 0 Å². The zero-order chi connectivity index (χ0) is 14.7. The summed E-state index contributed by atoms with van der Waals surface area (Å²) in [5, 5.41) is 14.4. The second kappa shape index (κ2) is 6.02. The van der Waals surface area contributed by atoms with E-state index < -0.39 is 0 Å². The monoisotopic (exact) mass is 279 g/mol. The molecule has 1 aromatic heterocycles. The quantitative estimate of drug-likeness (QED) is 0.673. The summed E-state index contributed by atoms with van der Waals surface area (Å²) in [7, 11) is 0. The molecule has 7 heteroatoms. The highest BCUT2D eigenvalue weighted by Gasteiger charge is 2.32. The highest BCUT2D eigenvalue weighted by Crippen LogP contribution is 2.35. The van der Waals surface area contributed by atoms with E-state index in [1.54, 1.807) is 0 Å². The van der Waals surface area contributed by atoms with Crippen molar-refractivity contribution < 1.29 is 4.92 Å². The Bertz CT molecular complexity index is 494. The van der Waals surface area contributed by atoms with Gasteiger partial charge in [-0.1, -0.05) is 6.92 Å². The van der Waals surface area contributed by atoms with Crippen molar-refractivity contribution in [3.05, 3.63) is 16.4 Å². The van der Waals surface area contributed by atoms with Crippen LogP contribution in [0.15, 0.2) is 6.33 Å². The maximum atomic E-state index is 11.4. The first-order valence-electron chi connectivity index (χ1n) is 7.04. The fraction of sp³-hybridized carbons (Fsp3) is 0.692. The molecular formula is C13H21N5O2. The van der Waals surface area contributed by atoms with Crippen LogP contribution in [-0.2, 0) is 0 Å². The highest BCUT2D eigenvalue weighted by atomic mass is 16.6. The number of anilines is 2. The number of rotatable bonds is 4. The van der Waals surface area contributed by atoms with Gasteiger partial charge in [0.05, 0.1) is 4.92 Å². The van der Waals surface area contributed by atoms with Gasteiger partial charge in [0.1, 0.15) is 6.33 Å². The lowest BCUT2D eigenvalue weighted by Crippen LogP contribution is -2.42. The van der Waals surface area contributed by atoms with Crippen molar-refractivity contribution in [3.63, 3.8) is 0 Å². The molecule has 20 heavy (non-hydrogen) atoms. The largest absolute Gasteiger partial charge is 0.364 e. The molecule has 1 aliphatic heterocycles. The molecule has 0 saturated carbocycles. The Morgan fingerprint density at radius 1 is 1.45 bits per heavy atom. The number of hydrogen-bond acceptors (Lipinski definition) is 6. The molecule has 2 atom stereocenters. The van der Waals surface area contributed by atoms with Crippen LogP contribution in [0.1, 0.15) is 33.6 Å². The van der Waals surface area contributed by atoms with Crippen LogP contribution in [0.3, 0.4) is 0 Å². The van der Waals surface area contributed by atoms with Crippen molar-refractivity contribution in [2.75, 3.05) is 23.3 Å². The molecule has 110 valence electrons. The Balaban J connectivity index is 2.44. The number of nitrogens with one attached hydrogen (secondary N) is 1. The summed E-state index contributed by atoms with van der Waals surface area (Å²) in [5.74, 6) is 1.25. The van der Waals surface area contributed by atoms with Crippen LogP contribution in [0.25, 0.3) is 0 Å².